The van der Waals surface area contributed by atoms with Crippen LogP contribution in [-0.4, -0.2) is 10.8 Å². The highest BCUT2D eigenvalue weighted by atomic mass is 35.5. The van der Waals surface area contributed by atoms with Gasteiger partial charge in [0, 0.05) is 0 Å². The van der Waals surface area contributed by atoms with Gasteiger partial charge in [-0.2, -0.15) is 0 Å². The first-order chi connectivity index (χ1) is 4.61. The van der Waals surface area contributed by atoms with Crippen LogP contribution >= 0.6 is 23.2 Å². The Morgan fingerprint density at radius 2 is 1.50 bits per heavy atom. The van der Waals surface area contributed by atoms with Gasteiger partial charge in [0.15, 0.2) is 0 Å². The summed E-state index contributed by atoms with van der Waals surface area (Å²) in [6.07, 6.45) is 2.21. The molecule has 1 aliphatic rings. The Morgan fingerprint density at radius 1 is 1.10 bits per heavy atom. The second kappa shape index (κ2) is 3.32. The topological polar surface area (TPSA) is 0 Å². The Kier molecular flexibility index (Phi) is 2.88. The summed E-state index contributed by atoms with van der Waals surface area (Å²) >= 11 is 11.9. The van der Waals surface area contributed by atoms with E-state index in [1.807, 2.05) is 0 Å². The van der Waals surface area contributed by atoms with Crippen molar-refractivity contribution >= 4 is 23.2 Å². The minimum Gasteiger partial charge on any atom is -0.121 e. The van der Waals surface area contributed by atoms with Gasteiger partial charge < -0.3 is 0 Å². The van der Waals surface area contributed by atoms with Crippen LogP contribution in [0.3, 0.4) is 0 Å². The average molecular weight is 181 g/mol. The molecular weight excluding hydrogens is 167 g/mol. The Hall–Kier alpha value is 0.580. The van der Waals surface area contributed by atoms with Crippen LogP contribution in [0.4, 0.5) is 0 Å². The lowest BCUT2D eigenvalue weighted by Crippen LogP contribution is -2.03. The van der Waals surface area contributed by atoms with Crippen LogP contribution in [0.15, 0.2) is 0 Å². The molecule has 0 radical (unpaired) electrons. The van der Waals surface area contributed by atoms with Crippen molar-refractivity contribution in [3.8, 4) is 0 Å². The summed E-state index contributed by atoms with van der Waals surface area (Å²) in [7, 11) is 0. The van der Waals surface area contributed by atoms with E-state index in [0.29, 0.717) is 0 Å². The molecule has 1 fully saturated rings. The van der Waals surface area contributed by atoms with Gasteiger partial charge in [0.25, 0.3) is 0 Å². The molecule has 0 N–H and O–H groups in total. The second-order valence-electron chi connectivity index (χ2n) is 3.51. The van der Waals surface area contributed by atoms with Crippen molar-refractivity contribution in [3.05, 3.63) is 0 Å². The molecule has 1 aliphatic carbocycles. The van der Waals surface area contributed by atoms with Crippen molar-refractivity contribution in [2.24, 2.45) is 11.8 Å². The zero-order valence-electron chi connectivity index (χ0n) is 6.48. The lowest BCUT2D eigenvalue weighted by molar-refractivity contribution is 0.397. The maximum Gasteiger partial charge on any atom is 0.0502 e. The molecule has 1 saturated carbocycles. The SMILES string of the molecule is CC(C)C1CC(Cl)C(Cl)C1. The summed E-state index contributed by atoms with van der Waals surface area (Å²) in [5.41, 5.74) is 0. The van der Waals surface area contributed by atoms with Crippen molar-refractivity contribution < 1.29 is 0 Å². The van der Waals surface area contributed by atoms with Gasteiger partial charge in [0.2, 0.25) is 0 Å². The van der Waals surface area contributed by atoms with Gasteiger partial charge in [0.1, 0.15) is 0 Å². The molecule has 10 heavy (non-hydrogen) atoms. The molecule has 0 aromatic rings. The van der Waals surface area contributed by atoms with Crippen molar-refractivity contribution in [3.63, 3.8) is 0 Å². The molecule has 1 rings (SSSR count). The molecular formula is C8H14Cl2. The highest BCUT2D eigenvalue weighted by molar-refractivity contribution is 6.30. The van der Waals surface area contributed by atoms with E-state index in [0.717, 1.165) is 24.7 Å². The predicted molar refractivity (Wildman–Crippen MR) is 46.8 cm³/mol. The summed E-state index contributed by atoms with van der Waals surface area (Å²) in [4.78, 5) is 0. The van der Waals surface area contributed by atoms with Crippen molar-refractivity contribution in [1.29, 1.82) is 0 Å². The normalized spacial score (nSPS) is 41.1. The van der Waals surface area contributed by atoms with Crippen LogP contribution in [0.2, 0.25) is 0 Å². The van der Waals surface area contributed by atoms with Gasteiger partial charge in [-0.25, -0.2) is 0 Å². The largest absolute Gasteiger partial charge is 0.121 e. The Balaban J connectivity index is 2.41. The van der Waals surface area contributed by atoms with Crippen LogP contribution in [0.1, 0.15) is 26.7 Å². The van der Waals surface area contributed by atoms with Crippen LogP contribution < -0.4 is 0 Å². The quantitative estimate of drug-likeness (QED) is 0.544. The zero-order valence-corrected chi connectivity index (χ0v) is 7.99. The maximum atomic E-state index is 5.97. The first-order valence-electron chi connectivity index (χ1n) is 3.89. The third kappa shape index (κ3) is 1.79. The van der Waals surface area contributed by atoms with Crippen LogP contribution in [0.5, 0.6) is 0 Å². The summed E-state index contributed by atoms with van der Waals surface area (Å²) in [6.45, 7) is 4.48. The van der Waals surface area contributed by atoms with Gasteiger partial charge in [-0.1, -0.05) is 13.8 Å². The molecule has 0 aromatic heterocycles. The predicted octanol–water partition coefficient (Wildman–Crippen LogP) is 3.27. The number of hydrogen-bond donors (Lipinski definition) is 0. The zero-order chi connectivity index (χ0) is 7.72. The first kappa shape index (κ1) is 8.67. The first-order valence-corrected chi connectivity index (χ1v) is 4.76. The lowest BCUT2D eigenvalue weighted by atomic mass is 9.95. The molecule has 0 spiro atoms. The summed E-state index contributed by atoms with van der Waals surface area (Å²) in [6, 6.07) is 0. The monoisotopic (exact) mass is 180 g/mol. The van der Waals surface area contributed by atoms with E-state index in [1.54, 1.807) is 0 Å². The second-order valence-corrected chi connectivity index (χ2v) is 4.63. The van der Waals surface area contributed by atoms with E-state index in [-0.39, 0.29) is 10.8 Å². The van der Waals surface area contributed by atoms with Crippen molar-refractivity contribution in [2.75, 3.05) is 0 Å². The Bertz CT molecular complexity index is 102. The Labute approximate surface area is 72.9 Å². The minimum atomic E-state index is 0.217. The number of hydrogen-bond acceptors (Lipinski definition) is 0. The number of halogens is 2. The average Bonchev–Trinajstić information content (AvgIpc) is 2.13. The fraction of sp³-hybridized carbons (Fsp3) is 1.00. The fourth-order valence-electron chi connectivity index (χ4n) is 1.51. The molecule has 0 saturated heterocycles. The smallest absolute Gasteiger partial charge is 0.0502 e. The van der Waals surface area contributed by atoms with Crippen molar-refractivity contribution in [1.82, 2.24) is 0 Å². The lowest BCUT2D eigenvalue weighted by Gasteiger charge is -2.12. The van der Waals surface area contributed by atoms with Crippen molar-refractivity contribution in [2.45, 2.75) is 37.4 Å². The minimum absolute atomic E-state index is 0.217. The van der Waals surface area contributed by atoms with E-state index >= 15 is 0 Å². The Morgan fingerprint density at radius 3 is 1.70 bits per heavy atom. The van der Waals surface area contributed by atoms with Crippen LogP contribution in [0, 0.1) is 11.8 Å². The summed E-state index contributed by atoms with van der Waals surface area (Å²) in [5, 5.41) is 0.433. The highest BCUT2D eigenvalue weighted by Crippen LogP contribution is 2.37. The fourth-order valence-corrected chi connectivity index (χ4v) is 2.18. The van der Waals surface area contributed by atoms with Crippen LogP contribution in [0.25, 0.3) is 0 Å². The molecule has 60 valence electrons. The molecule has 2 unspecified atom stereocenters. The molecule has 0 aromatic carbocycles. The molecule has 0 bridgehead atoms. The van der Waals surface area contributed by atoms with Gasteiger partial charge in [0.05, 0.1) is 10.8 Å². The van der Waals surface area contributed by atoms with Gasteiger partial charge in [-0.15, -0.1) is 23.2 Å². The molecule has 0 heterocycles. The number of alkyl halides is 2. The highest BCUT2D eigenvalue weighted by Gasteiger charge is 2.32. The van der Waals surface area contributed by atoms with E-state index in [9.17, 15) is 0 Å². The van der Waals surface area contributed by atoms with E-state index in [1.165, 1.54) is 0 Å². The van der Waals surface area contributed by atoms with E-state index < -0.39 is 0 Å². The van der Waals surface area contributed by atoms with Gasteiger partial charge in [-0.05, 0) is 24.7 Å². The molecule has 0 aliphatic heterocycles. The van der Waals surface area contributed by atoms with Gasteiger partial charge >= 0.3 is 0 Å². The van der Waals surface area contributed by atoms with E-state index in [4.69, 9.17) is 23.2 Å². The molecule has 2 heteroatoms. The number of rotatable bonds is 1. The van der Waals surface area contributed by atoms with Crippen LogP contribution in [-0.2, 0) is 0 Å². The third-order valence-corrected chi connectivity index (χ3v) is 3.48. The molecule has 2 atom stereocenters. The molecule has 0 amide bonds. The standard InChI is InChI=1S/C8H14Cl2/c1-5(2)6-3-7(9)8(10)4-6/h5-8H,3-4H2,1-2H3. The third-order valence-electron chi connectivity index (χ3n) is 2.39. The summed E-state index contributed by atoms with van der Waals surface area (Å²) in [5.74, 6) is 1.50. The maximum absolute atomic E-state index is 5.97. The molecule has 0 nitrogen and oxygen atoms in total. The van der Waals surface area contributed by atoms with E-state index in [2.05, 4.69) is 13.8 Å². The van der Waals surface area contributed by atoms with Gasteiger partial charge in [-0.3, -0.25) is 0 Å². The summed E-state index contributed by atoms with van der Waals surface area (Å²) < 4.78 is 0.